The number of hydrogen-bond donors (Lipinski definition) is 2. The number of carbonyl (C=O) groups excluding carboxylic acids is 1. The van der Waals surface area contributed by atoms with Crippen molar-refractivity contribution in [1.29, 1.82) is 0 Å². The van der Waals surface area contributed by atoms with Gasteiger partial charge in [-0.15, -0.1) is 24.0 Å². The summed E-state index contributed by atoms with van der Waals surface area (Å²) in [5, 5.41) is 10.8. The molecule has 1 unspecified atom stereocenters. The summed E-state index contributed by atoms with van der Waals surface area (Å²) < 4.78 is 8.72. The number of nitrogens with one attached hydrogen (secondary N) is 2. The monoisotopic (exact) mass is 549 g/mol. The number of carbonyl (C=O) groups is 1. The van der Waals surface area contributed by atoms with Gasteiger partial charge in [0.2, 0.25) is 0 Å². The molecule has 0 saturated carbocycles. The summed E-state index contributed by atoms with van der Waals surface area (Å²) >= 11 is 0. The van der Waals surface area contributed by atoms with Gasteiger partial charge in [-0.3, -0.25) is 9.56 Å². The van der Waals surface area contributed by atoms with Crippen LogP contribution in [0.1, 0.15) is 52.3 Å². The van der Waals surface area contributed by atoms with Gasteiger partial charge in [0, 0.05) is 46.2 Å². The average Bonchev–Trinajstić information content (AvgIpc) is 3.25. The Labute approximate surface area is 200 Å². The van der Waals surface area contributed by atoms with E-state index in [1.807, 2.05) is 20.8 Å². The molecule has 2 aliphatic rings. The van der Waals surface area contributed by atoms with Crippen LogP contribution in [0, 0.1) is 0 Å². The van der Waals surface area contributed by atoms with Gasteiger partial charge >= 0.3 is 11.8 Å². The molecule has 2 aliphatic heterocycles. The molecule has 0 aliphatic carbocycles. The van der Waals surface area contributed by atoms with E-state index in [0.717, 1.165) is 57.0 Å². The summed E-state index contributed by atoms with van der Waals surface area (Å²) in [6.07, 6.45) is 4.29. The molecule has 1 fully saturated rings. The van der Waals surface area contributed by atoms with Gasteiger partial charge in [0.15, 0.2) is 5.96 Å². The second kappa shape index (κ2) is 11.2. The number of amides is 1. The zero-order chi connectivity index (χ0) is 21.7. The second-order valence-electron chi connectivity index (χ2n) is 8.94. The molecule has 31 heavy (non-hydrogen) atoms. The van der Waals surface area contributed by atoms with Crippen molar-refractivity contribution in [1.82, 2.24) is 29.9 Å². The molecule has 0 aromatic carbocycles. The summed E-state index contributed by atoms with van der Waals surface area (Å²) in [5.41, 5.74) is -0.499. The number of ether oxygens (including phenoxy) is 1. The van der Waals surface area contributed by atoms with Crippen LogP contribution in [0.3, 0.4) is 0 Å². The zero-order valence-corrected chi connectivity index (χ0v) is 21.3. The summed E-state index contributed by atoms with van der Waals surface area (Å²) in [6.45, 7) is 9.13. The third kappa shape index (κ3) is 7.11. The third-order valence-corrected chi connectivity index (χ3v) is 5.28. The Morgan fingerprint density at radius 3 is 2.74 bits per heavy atom. The molecule has 1 amide bonds. The van der Waals surface area contributed by atoms with Crippen LogP contribution in [0.25, 0.3) is 0 Å². The van der Waals surface area contributed by atoms with Gasteiger partial charge in [0.1, 0.15) is 11.4 Å². The van der Waals surface area contributed by atoms with Crippen LogP contribution >= 0.6 is 24.0 Å². The molecule has 1 atom stereocenters. The van der Waals surface area contributed by atoms with E-state index < -0.39 is 5.60 Å². The Morgan fingerprint density at radius 1 is 1.29 bits per heavy atom. The number of hydrogen-bond acceptors (Lipinski definition) is 5. The van der Waals surface area contributed by atoms with Gasteiger partial charge in [0.25, 0.3) is 0 Å². The van der Waals surface area contributed by atoms with Gasteiger partial charge in [-0.2, -0.15) is 5.10 Å². The van der Waals surface area contributed by atoms with Gasteiger partial charge in [-0.25, -0.2) is 14.3 Å². The van der Waals surface area contributed by atoms with Crippen molar-refractivity contribution in [3.63, 3.8) is 0 Å². The molecule has 1 aromatic rings. The van der Waals surface area contributed by atoms with Gasteiger partial charge in [-0.05, 0) is 46.5 Å². The van der Waals surface area contributed by atoms with Crippen LogP contribution in [-0.4, -0.2) is 69.6 Å². The Kier molecular flexibility index (Phi) is 9.19. The van der Waals surface area contributed by atoms with Crippen molar-refractivity contribution >= 4 is 36.0 Å². The quantitative estimate of drug-likeness (QED) is 0.250. The number of likely N-dealkylation sites (tertiary alicyclic amines) is 1. The topological polar surface area (TPSA) is 106 Å². The first kappa shape index (κ1) is 25.5. The molecule has 176 valence electrons. The first-order valence-corrected chi connectivity index (χ1v) is 10.9. The fourth-order valence-electron chi connectivity index (χ4n) is 3.90. The highest BCUT2D eigenvalue weighted by atomic mass is 127. The molecule has 3 rings (SSSR count). The summed E-state index contributed by atoms with van der Waals surface area (Å²) in [5.74, 6) is 1.72. The summed E-state index contributed by atoms with van der Waals surface area (Å²) in [6, 6.07) is 0.0360. The minimum absolute atomic E-state index is 0. The van der Waals surface area contributed by atoms with Crippen LogP contribution < -0.4 is 16.3 Å². The summed E-state index contributed by atoms with van der Waals surface area (Å²) in [7, 11) is 1.75. The van der Waals surface area contributed by atoms with Crippen molar-refractivity contribution in [3.8, 4) is 0 Å². The second-order valence-corrected chi connectivity index (χ2v) is 8.94. The molecule has 10 nitrogen and oxygen atoms in total. The minimum Gasteiger partial charge on any atom is -0.444 e. The van der Waals surface area contributed by atoms with Crippen molar-refractivity contribution in [2.45, 2.75) is 77.6 Å². The van der Waals surface area contributed by atoms with E-state index in [1.165, 1.54) is 0 Å². The normalized spacial score (nSPS) is 18.9. The van der Waals surface area contributed by atoms with E-state index in [-0.39, 0.29) is 41.8 Å². The lowest BCUT2D eigenvalue weighted by atomic mass is 10.2. The number of rotatable bonds is 5. The van der Waals surface area contributed by atoms with E-state index in [0.29, 0.717) is 19.6 Å². The lowest BCUT2D eigenvalue weighted by Crippen LogP contribution is -2.44. The van der Waals surface area contributed by atoms with Crippen LogP contribution in [0.15, 0.2) is 9.79 Å². The molecule has 1 saturated heterocycles. The molecule has 11 heteroatoms. The van der Waals surface area contributed by atoms with Crippen molar-refractivity contribution in [2.24, 2.45) is 4.99 Å². The lowest BCUT2D eigenvalue weighted by Gasteiger charge is -2.23. The number of nitrogens with zero attached hydrogens (tertiary/aromatic N) is 5. The maximum atomic E-state index is 12.4. The first-order chi connectivity index (χ1) is 14.3. The number of aryl methyl sites for hydroxylation is 2. The Hall–Kier alpha value is -1.79. The largest absolute Gasteiger partial charge is 0.444 e. The van der Waals surface area contributed by atoms with Crippen LogP contribution in [0.4, 0.5) is 4.79 Å². The smallest absolute Gasteiger partial charge is 0.407 e. The van der Waals surface area contributed by atoms with E-state index in [9.17, 15) is 9.59 Å². The molecule has 0 bridgehead atoms. The molecular weight excluding hydrogens is 513 g/mol. The maximum Gasteiger partial charge on any atom is 0.407 e. The van der Waals surface area contributed by atoms with Gasteiger partial charge in [0.05, 0.1) is 6.04 Å². The Morgan fingerprint density at radius 2 is 2.06 bits per heavy atom. The Bertz CT molecular complexity index is 828. The zero-order valence-electron chi connectivity index (χ0n) is 19.0. The Balaban J connectivity index is 0.00000341. The highest BCUT2D eigenvalue weighted by Crippen LogP contribution is 2.12. The predicted molar refractivity (Wildman–Crippen MR) is 130 cm³/mol. The number of guanidine groups is 1. The molecule has 0 spiro atoms. The average molecular weight is 549 g/mol. The maximum absolute atomic E-state index is 12.4. The fraction of sp³-hybridized carbons (Fsp3) is 0.800. The molecule has 1 aromatic heterocycles. The van der Waals surface area contributed by atoms with Gasteiger partial charge < -0.3 is 20.3 Å². The van der Waals surface area contributed by atoms with E-state index in [2.05, 4.69) is 25.6 Å². The minimum atomic E-state index is -0.504. The molecule has 3 heterocycles. The van der Waals surface area contributed by atoms with Crippen molar-refractivity contribution < 1.29 is 9.53 Å². The standard InChI is InChI=1S/C20H35N7O3.HI/c1-20(2,3)30-18(28)23-15-9-13-25(14-15)17(21-4)22-10-7-12-27-19(29)26-11-6-5-8-16(26)24-27;/h15H,5-14H2,1-4H3,(H,21,22)(H,23,28);1H. The fourth-order valence-corrected chi connectivity index (χ4v) is 3.90. The van der Waals surface area contributed by atoms with Gasteiger partial charge in [-0.1, -0.05) is 0 Å². The highest BCUT2D eigenvalue weighted by molar-refractivity contribution is 14.0. The van der Waals surface area contributed by atoms with Crippen LogP contribution in [0.5, 0.6) is 0 Å². The summed E-state index contributed by atoms with van der Waals surface area (Å²) in [4.78, 5) is 30.8. The van der Waals surface area contributed by atoms with E-state index >= 15 is 0 Å². The number of fused-ring (bicyclic) bond motifs is 1. The molecule has 0 radical (unpaired) electrons. The highest BCUT2D eigenvalue weighted by Gasteiger charge is 2.27. The van der Waals surface area contributed by atoms with Crippen molar-refractivity contribution in [2.75, 3.05) is 26.7 Å². The van der Waals surface area contributed by atoms with Crippen LogP contribution in [-0.2, 0) is 24.2 Å². The molecule has 2 N–H and O–H groups in total. The SMILES string of the molecule is CN=C(NCCCn1nc2n(c1=O)CCCC2)N1CCC(NC(=O)OC(C)(C)C)C1.I. The third-order valence-electron chi connectivity index (χ3n) is 5.28. The number of aliphatic imine (C=N–C) groups is 1. The number of aromatic nitrogens is 3. The van der Waals surface area contributed by atoms with E-state index in [4.69, 9.17) is 4.74 Å². The lowest BCUT2D eigenvalue weighted by molar-refractivity contribution is 0.0507. The molecular formula is C20H36IN7O3. The number of alkyl carbamates (subject to hydrolysis) is 1. The first-order valence-electron chi connectivity index (χ1n) is 10.9. The van der Waals surface area contributed by atoms with E-state index in [1.54, 1.807) is 16.3 Å². The predicted octanol–water partition coefficient (Wildman–Crippen LogP) is 1.56. The van der Waals surface area contributed by atoms with Crippen molar-refractivity contribution in [3.05, 3.63) is 16.3 Å². The van der Waals surface area contributed by atoms with Crippen LogP contribution in [0.2, 0.25) is 0 Å². The number of halogens is 1.